The number of thiophene rings is 1. The molecule has 3 N–H and O–H groups in total. The molecule has 1 saturated heterocycles. The van der Waals surface area contributed by atoms with E-state index < -0.39 is 12.1 Å². The van der Waals surface area contributed by atoms with Crippen molar-refractivity contribution in [2.75, 3.05) is 6.54 Å². The summed E-state index contributed by atoms with van der Waals surface area (Å²) in [5.41, 5.74) is 6.10. The van der Waals surface area contributed by atoms with Gasteiger partial charge in [0.1, 0.15) is 0 Å². The summed E-state index contributed by atoms with van der Waals surface area (Å²) in [5, 5.41) is 5.30. The van der Waals surface area contributed by atoms with E-state index >= 15 is 0 Å². The Bertz CT molecular complexity index is 733. The first-order valence-corrected chi connectivity index (χ1v) is 9.44. The largest absolute Gasteiger partial charge is 0.352 e. The molecule has 5 nitrogen and oxygen atoms in total. The lowest BCUT2D eigenvalue weighted by molar-refractivity contribution is -0.132. The van der Waals surface area contributed by atoms with Gasteiger partial charge in [-0.25, -0.2) is 4.79 Å². The van der Waals surface area contributed by atoms with Gasteiger partial charge in [0.05, 0.1) is 18.5 Å². The van der Waals surface area contributed by atoms with Crippen LogP contribution in [0.4, 0.5) is 4.79 Å². The Morgan fingerprint density at radius 1 is 1.32 bits per heavy atom. The molecule has 1 fully saturated rings. The molecule has 2 atom stereocenters. The highest BCUT2D eigenvalue weighted by atomic mass is 35.5. The second-order valence-corrected chi connectivity index (χ2v) is 7.49. The van der Waals surface area contributed by atoms with Crippen LogP contribution in [0.1, 0.15) is 41.8 Å². The molecule has 3 amide bonds. The normalized spacial score (nSPS) is 18.1. The Balaban J connectivity index is 1.75. The number of nitrogens with zero attached hydrogens (tertiary/aromatic N) is 1. The van der Waals surface area contributed by atoms with Gasteiger partial charge < -0.3 is 16.0 Å². The molecule has 0 aliphatic carbocycles. The van der Waals surface area contributed by atoms with Crippen molar-refractivity contribution in [1.29, 1.82) is 0 Å². The fourth-order valence-corrected chi connectivity index (χ4v) is 4.25. The van der Waals surface area contributed by atoms with Crippen molar-refractivity contribution < 1.29 is 9.59 Å². The van der Waals surface area contributed by atoms with Gasteiger partial charge >= 0.3 is 6.03 Å². The lowest BCUT2D eigenvalue weighted by Crippen LogP contribution is -2.38. The Morgan fingerprint density at radius 2 is 2.08 bits per heavy atom. The summed E-state index contributed by atoms with van der Waals surface area (Å²) < 4.78 is 0. The van der Waals surface area contributed by atoms with Gasteiger partial charge in [-0.05, 0) is 42.0 Å². The van der Waals surface area contributed by atoms with E-state index in [1.807, 2.05) is 16.3 Å². The number of carbonyl (C=O) groups is 2. The van der Waals surface area contributed by atoms with Gasteiger partial charge in [-0.3, -0.25) is 4.79 Å². The number of nitrogens with two attached hydrogens (primary N) is 1. The van der Waals surface area contributed by atoms with Crippen molar-refractivity contribution in [1.82, 2.24) is 10.2 Å². The van der Waals surface area contributed by atoms with Gasteiger partial charge in [0.15, 0.2) is 0 Å². The van der Waals surface area contributed by atoms with Crippen molar-refractivity contribution in [3.8, 4) is 0 Å². The summed E-state index contributed by atoms with van der Waals surface area (Å²) in [7, 11) is 0. The lowest BCUT2D eigenvalue weighted by atomic mass is 10.0. The van der Waals surface area contributed by atoms with Crippen molar-refractivity contribution in [2.45, 2.75) is 31.3 Å². The third-order valence-electron chi connectivity index (χ3n) is 4.41. The number of likely N-dealkylation sites (tertiary alicyclic amines) is 1. The molecule has 132 valence electrons. The van der Waals surface area contributed by atoms with E-state index in [0.29, 0.717) is 5.02 Å². The van der Waals surface area contributed by atoms with Crippen molar-refractivity contribution in [2.24, 2.45) is 5.73 Å². The smallest absolute Gasteiger partial charge is 0.312 e. The van der Waals surface area contributed by atoms with Gasteiger partial charge in [-0.1, -0.05) is 29.8 Å². The van der Waals surface area contributed by atoms with E-state index in [9.17, 15) is 9.59 Å². The van der Waals surface area contributed by atoms with Crippen LogP contribution in [0, 0.1) is 0 Å². The number of halogens is 1. The van der Waals surface area contributed by atoms with Gasteiger partial charge in [0.2, 0.25) is 5.91 Å². The van der Waals surface area contributed by atoms with Crippen LogP contribution in [-0.2, 0) is 4.79 Å². The average molecular weight is 378 g/mol. The van der Waals surface area contributed by atoms with Gasteiger partial charge in [-0.2, -0.15) is 0 Å². The van der Waals surface area contributed by atoms with E-state index in [0.717, 1.165) is 24.9 Å². The molecule has 1 aromatic carbocycles. The highest BCUT2D eigenvalue weighted by Crippen LogP contribution is 2.35. The number of primary amides is 1. The number of rotatable bonds is 5. The number of amides is 3. The minimum atomic E-state index is -0.649. The number of urea groups is 1. The number of nitrogens with one attached hydrogen (secondary N) is 1. The van der Waals surface area contributed by atoms with Crippen molar-refractivity contribution >= 4 is 34.9 Å². The monoisotopic (exact) mass is 377 g/mol. The maximum atomic E-state index is 12.9. The van der Waals surface area contributed by atoms with Crippen molar-refractivity contribution in [3.63, 3.8) is 0 Å². The molecule has 2 aromatic rings. The fourth-order valence-electron chi connectivity index (χ4n) is 3.25. The van der Waals surface area contributed by atoms with Gasteiger partial charge in [0, 0.05) is 16.4 Å². The maximum Gasteiger partial charge on any atom is 0.312 e. The quantitative estimate of drug-likeness (QED) is 0.829. The molecule has 1 aliphatic heterocycles. The molecular weight excluding hydrogens is 358 g/mol. The Labute approximate surface area is 155 Å². The molecular formula is C18H20ClN3O2S. The zero-order chi connectivity index (χ0) is 17.8. The fraction of sp³-hybridized carbons (Fsp3) is 0.333. The SMILES string of the molecule is NC(=O)N[C@H](CC(=O)N1CCC[C@@H]1c1cccs1)c1ccc(Cl)cc1. The van der Waals surface area contributed by atoms with E-state index in [2.05, 4.69) is 11.4 Å². The summed E-state index contributed by atoms with van der Waals surface area (Å²) in [6.07, 6.45) is 2.14. The first kappa shape index (κ1) is 17.8. The van der Waals surface area contributed by atoms with Crippen LogP contribution in [0.25, 0.3) is 0 Å². The molecule has 2 heterocycles. The third-order valence-corrected chi connectivity index (χ3v) is 5.64. The molecule has 1 aromatic heterocycles. The molecule has 1 aliphatic rings. The first-order chi connectivity index (χ1) is 12.0. The third kappa shape index (κ3) is 4.32. The van der Waals surface area contributed by atoms with Crippen LogP contribution in [0.5, 0.6) is 0 Å². The standard InChI is InChI=1S/C18H20ClN3O2S/c19-13-7-5-12(6-8-13)14(21-18(20)24)11-17(23)22-9-1-3-15(22)16-4-2-10-25-16/h2,4-8,10,14-15H,1,3,9,11H2,(H3,20,21,24)/t14-,15-/m1/s1. The zero-order valence-corrected chi connectivity index (χ0v) is 15.2. The van der Waals surface area contributed by atoms with Crippen LogP contribution in [-0.4, -0.2) is 23.4 Å². The highest BCUT2D eigenvalue weighted by molar-refractivity contribution is 7.10. The summed E-state index contributed by atoms with van der Waals surface area (Å²) in [5.74, 6) is 0.0181. The topological polar surface area (TPSA) is 75.4 Å². The predicted octanol–water partition coefficient (Wildman–Crippen LogP) is 3.86. The molecule has 3 rings (SSSR count). The zero-order valence-electron chi connectivity index (χ0n) is 13.7. The van der Waals surface area contributed by atoms with Crippen LogP contribution in [0.2, 0.25) is 5.02 Å². The number of benzene rings is 1. The Morgan fingerprint density at radius 3 is 2.72 bits per heavy atom. The Kier molecular flexibility index (Phi) is 5.60. The predicted molar refractivity (Wildman–Crippen MR) is 99.5 cm³/mol. The Hall–Kier alpha value is -2.05. The highest BCUT2D eigenvalue weighted by Gasteiger charge is 2.32. The van der Waals surface area contributed by atoms with E-state index in [-0.39, 0.29) is 18.4 Å². The molecule has 0 unspecified atom stereocenters. The molecule has 0 bridgehead atoms. The second kappa shape index (κ2) is 7.89. The second-order valence-electron chi connectivity index (χ2n) is 6.08. The maximum absolute atomic E-state index is 12.9. The van der Waals surface area contributed by atoms with Gasteiger partial charge in [-0.15, -0.1) is 11.3 Å². The minimum Gasteiger partial charge on any atom is -0.352 e. The van der Waals surface area contributed by atoms with Crippen LogP contribution < -0.4 is 11.1 Å². The number of hydrogen-bond acceptors (Lipinski definition) is 3. The molecule has 25 heavy (non-hydrogen) atoms. The summed E-state index contributed by atoms with van der Waals surface area (Å²) in [6, 6.07) is 10.2. The molecule has 0 spiro atoms. The molecule has 0 saturated carbocycles. The van der Waals surface area contributed by atoms with Crippen LogP contribution in [0.15, 0.2) is 41.8 Å². The summed E-state index contributed by atoms with van der Waals surface area (Å²) in [6.45, 7) is 0.741. The van der Waals surface area contributed by atoms with Crippen LogP contribution in [0.3, 0.4) is 0 Å². The first-order valence-electron chi connectivity index (χ1n) is 8.19. The minimum absolute atomic E-state index is 0.0181. The van der Waals surface area contributed by atoms with E-state index in [4.69, 9.17) is 17.3 Å². The summed E-state index contributed by atoms with van der Waals surface area (Å²) in [4.78, 5) is 27.4. The van der Waals surface area contributed by atoms with E-state index in [1.54, 1.807) is 35.6 Å². The van der Waals surface area contributed by atoms with Crippen molar-refractivity contribution in [3.05, 3.63) is 57.2 Å². The van der Waals surface area contributed by atoms with Gasteiger partial charge in [0.25, 0.3) is 0 Å². The lowest BCUT2D eigenvalue weighted by Gasteiger charge is -2.26. The number of carbonyl (C=O) groups excluding carboxylic acids is 2. The number of hydrogen-bond donors (Lipinski definition) is 2. The molecule has 7 heteroatoms. The van der Waals surface area contributed by atoms with E-state index in [1.165, 1.54) is 4.88 Å². The average Bonchev–Trinajstić information content (AvgIpc) is 3.25. The van der Waals surface area contributed by atoms with Crippen LogP contribution >= 0.6 is 22.9 Å². The molecule has 0 radical (unpaired) electrons. The summed E-state index contributed by atoms with van der Waals surface area (Å²) >= 11 is 7.59.